The van der Waals surface area contributed by atoms with E-state index >= 15 is 0 Å². The number of benzene rings is 1. The lowest BCUT2D eigenvalue weighted by molar-refractivity contribution is 0.304. The van der Waals surface area contributed by atoms with Crippen LogP contribution in [0.5, 0.6) is 5.75 Å². The van der Waals surface area contributed by atoms with Crippen LogP contribution in [0.2, 0.25) is 0 Å². The molecule has 0 saturated carbocycles. The molecule has 0 fully saturated rings. The third-order valence-corrected chi connectivity index (χ3v) is 4.94. The topological polar surface area (TPSA) is 65.2 Å². The molecule has 0 unspecified atom stereocenters. The molecule has 23 heavy (non-hydrogen) atoms. The van der Waals surface area contributed by atoms with E-state index in [1.807, 2.05) is 19.1 Å². The molecule has 0 aliphatic heterocycles. The average molecular weight is 328 g/mol. The van der Waals surface area contributed by atoms with Gasteiger partial charge >= 0.3 is 5.63 Å². The first-order valence-electron chi connectivity index (χ1n) is 7.71. The molecule has 0 saturated heterocycles. The second-order valence-corrected chi connectivity index (χ2v) is 6.98. The molecule has 0 spiro atoms. The molecule has 6 heteroatoms. The molecule has 0 atom stereocenters. The maximum Gasteiger partial charge on any atom is 0.339 e. The molecule has 118 valence electrons. The van der Waals surface area contributed by atoms with Gasteiger partial charge in [-0.3, -0.25) is 0 Å². The number of rotatable bonds is 3. The van der Waals surface area contributed by atoms with E-state index in [2.05, 4.69) is 10.2 Å². The van der Waals surface area contributed by atoms with Crippen LogP contribution in [0.15, 0.2) is 27.4 Å². The summed E-state index contributed by atoms with van der Waals surface area (Å²) < 4.78 is 11.2. The van der Waals surface area contributed by atoms with Gasteiger partial charge in [0.15, 0.2) is 5.01 Å². The zero-order valence-corrected chi connectivity index (χ0v) is 13.6. The molecule has 4 rings (SSSR count). The molecular weight excluding hydrogens is 312 g/mol. The van der Waals surface area contributed by atoms with Crippen molar-refractivity contribution in [1.29, 1.82) is 0 Å². The van der Waals surface area contributed by atoms with Gasteiger partial charge < -0.3 is 9.15 Å². The number of ether oxygens (including phenoxy) is 1. The van der Waals surface area contributed by atoms with E-state index < -0.39 is 0 Å². The van der Waals surface area contributed by atoms with Gasteiger partial charge in [0.05, 0.1) is 0 Å². The summed E-state index contributed by atoms with van der Waals surface area (Å²) >= 11 is 1.51. The molecule has 0 radical (unpaired) electrons. The summed E-state index contributed by atoms with van der Waals surface area (Å²) in [5.74, 6) is 0.671. The van der Waals surface area contributed by atoms with Gasteiger partial charge in [-0.1, -0.05) is 11.3 Å². The number of aryl methyl sites for hydroxylation is 2. The maximum absolute atomic E-state index is 12.1. The molecule has 1 aliphatic rings. The first-order chi connectivity index (χ1) is 11.2. The third kappa shape index (κ3) is 2.74. The molecule has 2 aromatic heterocycles. The highest BCUT2D eigenvalue weighted by Gasteiger charge is 2.18. The van der Waals surface area contributed by atoms with E-state index in [4.69, 9.17) is 9.15 Å². The van der Waals surface area contributed by atoms with Crippen molar-refractivity contribution in [2.75, 3.05) is 0 Å². The van der Waals surface area contributed by atoms with Crippen LogP contribution in [-0.4, -0.2) is 10.2 Å². The Bertz CT molecular complexity index is 929. The van der Waals surface area contributed by atoms with Crippen LogP contribution in [0.3, 0.4) is 0 Å². The van der Waals surface area contributed by atoms with Crippen LogP contribution in [0.4, 0.5) is 0 Å². The van der Waals surface area contributed by atoms with Gasteiger partial charge in [0, 0.05) is 17.0 Å². The second kappa shape index (κ2) is 5.77. The van der Waals surface area contributed by atoms with Crippen LogP contribution in [0, 0.1) is 6.92 Å². The van der Waals surface area contributed by atoms with Crippen molar-refractivity contribution in [3.05, 3.63) is 49.8 Å². The molecule has 0 N–H and O–H groups in total. The quantitative estimate of drug-likeness (QED) is 0.689. The van der Waals surface area contributed by atoms with Crippen molar-refractivity contribution >= 4 is 22.3 Å². The lowest BCUT2D eigenvalue weighted by Gasteiger charge is -2.16. The molecule has 0 amide bonds. The first kappa shape index (κ1) is 14.4. The first-order valence-corrected chi connectivity index (χ1v) is 8.53. The zero-order chi connectivity index (χ0) is 15.8. The summed E-state index contributed by atoms with van der Waals surface area (Å²) in [6, 6.07) is 5.70. The van der Waals surface area contributed by atoms with Crippen molar-refractivity contribution < 1.29 is 9.15 Å². The van der Waals surface area contributed by atoms with Crippen molar-refractivity contribution in [2.24, 2.45) is 0 Å². The van der Waals surface area contributed by atoms with Crippen LogP contribution in [-0.2, 0) is 19.4 Å². The Labute approximate surface area is 136 Å². The van der Waals surface area contributed by atoms with E-state index in [0.717, 1.165) is 52.2 Å². The minimum Gasteiger partial charge on any atom is -0.486 e. The normalized spacial score (nSPS) is 14.0. The standard InChI is InChI=1S/C17H16N2O3S/c1-10-18-19-16(23-10)9-21-11-6-7-13-12-4-2-3-5-14(12)17(20)22-15(13)8-11/h6-8H,2-5,9H2,1H3. The third-order valence-electron chi connectivity index (χ3n) is 4.13. The van der Waals surface area contributed by atoms with E-state index in [9.17, 15) is 4.79 Å². The number of fused-ring (bicyclic) bond motifs is 3. The van der Waals surface area contributed by atoms with Gasteiger partial charge in [0.2, 0.25) is 0 Å². The maximum atomic E-state index is 12.1. The summed E-state index contributed by atoms with van der Waals surface area (Å²) in [4.78, 5) is 12.1. The summed E-state index contributed by atoms with van der Waals surface area (Å²) in [7, 11) is 0. The van der Waals surface area contributed by atoms with Gasteiger partial charge in [0.25, 0.3) is 0 Å². The Morgan fingerprint density at radius 3 is 2.83 bits per heavy atom. The summed E-state index contributed by atoms with van der Waals surface area (Å²) in [5, 5.41) is 10.8. The minimum atomic E-state index is -0.205. The van der Waals surface area contributed by atoms with Crippen molar-refractivity contribution in [3.8, 4) is 5.75 Å². The predicted molar refractivity (Wildman–Crippen MR) is 88.1 cm³/mol. The van der Waals surface area contributed by atoms with Gasteiger partial charge in [-0.2, -0.15) is 0 Å². The molecule has 1 aromatic carbocycles. The van der Waals surface area contributed by atoms with Crippen LogP contribution < -0.4 is 10.4 Å². The zero-order valence-electron chi connectivity index (χ0n) is 12.8. The number of hydrogen-bond acceptors (Lipinski definition) is 6. The van der Waals surface area contributed by atoms with Crippen molar-refractivity contribution in [2.45, 2.75) is 39.2 Å². The second-order valence-electron chi connectivity index (χ2n) is 5.72. The Morgan fingerprint density at radius 1 is 1.22 bits per heavy atom. The molecule has 1 aliphatic carbocycles. The van der Waals surface area contributed by atoms with Gasteiger partial charge in [-0.15, -0.1) is 10.2 Å². The Balaban J connectivity index is 1.66. The molecular formula is C17H16N2O3S. The fourth-order valence-corrected chi connectivity index (χ4v) is 3.68. The van der Waals surface area contributed by atoms with Crippen molar-refractivity contribution in [3.63, 3.8) is 0 Å². The van der Waals surface area contributed by atoms with E-state index in [-0.39, 0.29) is 5.63 Å². The number of hydrogen-bond donors (Lipinski definition) is 0. The lowest BCUT2D eigenvalue weighted by Crippen LogP contribution is -2.15. The molecule has 2 heterocycles. The highest BCUT2D eigenvalue weighted by atomic mass is 32.1. The Hall–Kier alpha value is -2.21. The number of aromatic nitrogens is 2. The summed E-state index contributed by atoms with van der Waals surface area (Å²) in [6.07, 6.45) is 3.95. The highest BCUT2D eigenvalue weighted by Crippen LogP contribution is 2.29. The monoisotopic (exact) mass is 328 g/mol. The highest BCUT2D eigenvalue weighted by molar-refractivity contribution is 7.11. The molecule has 0 bridgehead atoms. The molecule has 5 nitrogen and oxygen atoms in total. The predicted octanol–water partition coefficient (Wildman–Crippen LogP) is 3.41. The van der Waals surface area contributed by atoms with Gasteiger partial charge in [-0.05, 0) is 50.3 Å². The van der Waals surface area contributed by atoms with Crippen LogP contribution >= 0.6 is 11.3 Å². The molecule has 3 aromatic rings. The van der Waals surface area contributed by atoms with Crippen LogP contribution in [0.25, 0.3) is 11.0 Å². The fraction of sp³-hybridized carbons (Fsp3) is 0.353. The van der Waals surface area contributed by atoms with Gasteiger partial charge in [-0.25, -0.2) is 4.79 Å². The number of nitrogens with zero attached hydrogens (tertiary/aromatic N) is 2. The van der Waals surface area contributed by atoms with Gasteiger partial charge in [0.1, 0.15) is 22.9 Å². The lowest BCUT2D eigenvalue weighted by atomic mass is 9.91. The smallest absolute Gasteiger partial charge is 0.339 e. The van der Waals surface area contributed by atoms with Crippen LogP contribution in [0.1, 0.15) is 34.0 Å². The minimum absolute atomic E-state index is 0.205. The van der Waals surface area contributed by atoms with E-state index in [0.29, 0.717) is 17.9 Å². The Morgan fingerprint density at radius 2 is 2.04 bits per heavy atom. The van der Waals surface area contributed by atoms with E-state index in [1.54, 1.807) is 6.07 Å². The van der Waals surface area contributed by atoms with Crippen molar-refractivity contribution in [1.82, 2.24) is 10.2 Å². The largest absolute Gasteiger partial charge is 0.486 e. The fourth-order valence-electron chi connectivity index (χ4n) is 3.06. The summed E-state index contributed by atoms with van der Waals surface area (Å²) in [6.45, 7) is 2.28. The SMILES string of the molecule is Cc1nnc(COc2ccc3c4c(c(=O)oc3c2)CCCC4)s1. The summed E-state index contributed by atoms with van der Waals surface area (Å²) in [5.41, 5.74) is 2.39. The van der Waals surface area contributed by atoms with E-state index in [1.165, 1.54) is 11.3 Å². The average Bonchev–Trinajstić information content (AvgIpc) is 2.98. The Kier molecular flexibility index (Phi) is 3.61.